The zero-order chi connectivity index (χ0) is 24.3. The Labute approximate surface area is 209 Å². The van der Waals surface area contributed by atoms with Crippen LogP contribution in [0, 0.1) is 11.7 Å². The number of fused-ring (bicyclic) bond motifs is 1. The molecule has 3 aromatic rings. The summed E-state index contributed by atoms with van der Waals surface area (Å²) in [5.41, 5.74) is 2.70. The molecular weight excluding hydrogens is 461 g/mol. The Hall–Kier alpha value is -3.27. The van der Waals surface area contributed by atoms with Gasteiger partial charge in [0.25, 0.3) is 0 Å². The minimum absolute atomic E-state index is 0.0687. The molecule has 3 heterocycles. The maximum Gasteiger partial charge on any atom is 0.207 e. The average molecular weight is 494 g/mol. The van der Waals surface area contributed by atoms with Crippen LogP contribution in [0.15, 0.2) is 30.9 Å². The van der Waals surface area contributed by atoms with Gasteiger partial charge in [-0.3, -0.25) is 4.98 Å². The van der Waals surface area contributed by atoms with Crippen molar-refractivity contribution in [2.75, 3.05) is 48.4 Å². The first kappa shape index (κ1) is 23.1. The van der Waals surface area contributed by atoms with Crippen LogP contribution in [-0.4, -0.2) is 64.9 Å². The normalized spacial score (nSPS) is 22.4. The van der Waals surface area contributed by atoms with Gasteiger partial charge in [-0.05, 0) is 50.5 Å². The maximum atomic E-state index is 14.9. The third-order valence-electron chi connectivity index (χ3n) is 7.25. The van der Waals surface area contributed by atoms with E-state index in [9.17, 15) is 4.39 Å². The Balaban J connectivity index is 1.10. The van der Waals surface area contributed by atoms with Crippen LogP contribution in [0.4, 0.5) is 21.7 Å². The summed E-state index contributed by atoms with van der Waals surface area (Å²) >= 11 is 0. The van der Waals surface area contributed by atoms with Crippen molar-refractivity contribution in [1.29, 1.82) is 0 Å². The highest BCUT2D eigenvalue weighted by Gasteiger charge is 2.26. The molecule has 0 spiro atoms. The number of morpholine rings is 1. The molecule has 6 rings (SSSR count). The summed E-state index contributed by atoms with van der Waals surface area (Å²) < 4.78 is 26.9. The van der Waals surface area contributed by atoms with E-state index in [0.717, 1.165) is 81.0 Å². The fraction of sp³-hybridized carbons (Fsp3) is 0.538. The van der Waals surface area contributed by atoms with Crippen molar-refractivity contribution in [2.45, 2.75) is 50.7 Å². The first-order valence-electron chi connectivity index (χ1n) is 13.0. The van der Waals surface area contributed by atoms with E-state index in [1.54, 1.807) is 12.4 Å². The SMILES string of the molecule is Fc1c(NCC2CC2)ncnc1NC1CCC(Oc2cc(N3CCOCC3)cc3nccnc23)CC1. The van der Waals surface area contributed by atoms with E-state index in [1.807, 2.05) is 0 Å². The van der Waals surface area contributed by atoms with Gasteiger partial charge in [0.1, 0.15) is 17.6 Å². The van der Waals surface area contributed by atoms with Crippen LogP contribution in [0.3, 0.4) is 0 Å². The lowest BCUT2D eigenvalue weighted by molar-refractivity contribution is 0.122. The molecule has 2 saturated carbocycles. The van der Waals surface area contributed by atoms with Gasteiger partial charge in [-0.1, -0.05) is 0 Å². The largest absolute Gasteiger partial charge is 0.488 e. The second kappa shape index (κ2) is 10.4. The maximum absolute atomic E-state index is 14.9. The van der Waals surface area contributed by atoms with Crippen LogP contribution < -0.4 is 20.3 Å². The number of nitrogens with zero attached hydrogens (tertiary/aromatic N) is 5. The summed E-state index contributed by atoms with van der Waals surface area (Å²) in [7, 11) is 0. The first-order valence-corrected chi connectivity index (χ1v) is 13.0. The van der Waals surface area contributed by atoms with E-state index < -0.39 is 5.82 Å². The van der Waals surface area contributed by atoms with E-state index in [-0.39, 0.29) is 23.8 Å². The van der Waals surface area contributed by atoms with Crippen molar-refractivity contribution >= 4 is 28.4 Å². The van der Waals surface area contributed by atoms with Crippen LogP contribution in [-0.2, 0) is 4.74 Å². The molecule has 3 fully saturated rings. The van der Waals surface area contributed by atoms with E-state index in [2.05, 4.69) is 47.6 Å². The summed E-state index contributed by atoms with van der Waals surface area (Å²) in [4.78, 5) is 19.6. The average Bonchev–Trinajstić information content (AvgIpc) is 3.75. The molecule has 36 heavy (non-hydrogen) atoms. The van der Waals surface area contributed by atoms with Gasteiger partial charge in [-0.15, -0.1) is 0 Å². The minimum atomic E-state index is -0.401. The standard InChI is InChI=1S/C26H32FN7O2/c27-23-25(30-15-17-1-2-17)31-16-32-26(23)33-18-3-5-20(6-4-18)36-22-14-19(34-9-11-35-12-10-34)13-21-24(22)29-8-7-28-21/h7-8,13-14,16-18,20H,1-6,9-12,15H2,(H2,30,31,32,33). The van der Waals surface area contributed by atoms with Gasteiger partial charge in [-0.25, -0.2) is 15.0 Å². The zero-order valence-electron chi connectivity index (χ0n) is 20.3. The molecule has 3 aliphatic rings. The van der Waals surface area contributed by atoms with Crippen molar-refractivity contribution in [3.05, 3.63) is 36.7 Å². The number of aromatic nitrogens is 4. The molecule has 1 saturated heterocycles. The predicted octanol–water partition coefficient (Wildman–Crippen LogP) is 4.02. The van der Waals surface area contributed by atoms with Crippen LogP contribution in [0.25, 0.3) is 11.0 Å². The van der Waals surface area contributed by atoms with Gasteiger partial charge >= 0.3 is 0 Å². The van der Waals surface area contributed by atoms with E-state index in [0.29, 0.717) is 5.92 Å². The molecule has 10 heteroatoms. The lowest BCUT2D eigenvalue weighted by Gasteiger charge is -2.31. The smallest absolute Gasteiger partial charge is 0.207 e. The molecule has 1 aliphatic heterocycles. The molecule has 2 aromatic heterocycles. The number of nitrogens with one attached hydrogen (secondary N) is 2. The number of halogens is 1. The van der Waals surface area contributed by atoms with Crippen LogP contribution in [0.2, 0.25) is 0 Å². The van der Waals surface area contributed by atoms with E-state index >= 15 is 0 Å². The van der Waals surface area contributed by atoms with Gasteiger partial charge in [-0.2, -0.15) is 4.39 Å². The summed E-state index contributed by atoms with van der Waals surface area (Å²) in [6, 6.07) is 4.30. The second-order valence-electron chi connectivity index (χ2n) is 9.91. The number of hydrogen-bond donors (Lipinski definition) is 2. The minimum Gasteiger partial charge on any atom is -0.488 e. The predicted molar refractivity (Wildman–Crippen MR) is 136 cm³/mol. The van der Waals surface area contributed by atoms with E-state index in [1.165, 1.54) is 19.2 Å². The van der Waals surface area contributed by atoms with Crippen molar-refractivity contribution in [3.8, 4) is 5.75 Å². The fourth-order valence-corrected chi connectivity index (χ4v) is 4.98. The van der Waals surface area contributed by atoms with Crippen molar-refractivity contribution in [3.63, 3.8) is 0 Å². The van der Waals surface area contributed by atoms with Gasteiger partial charge < -0.3 is 25.0 Å². The Morgan fingerprint density at radius 3 is 2.53 bits per heavy atom. The van der Waals surface area contributed by atoms with Gasteiger partial charge in [0.15, 0.2) is 11.6 Å². The Morgan fingerprint density at radius 1 is 0.944 bits per heavy atom. The molecular formula is C26H32FN7O2. The lowest BCUT2D eigenvalue weighted by Crippen LogP contribution is -2.36. The molecule has 2 aliphatic carbocycles. The number of rotatable bonds is 8. The molecule has 190 valence electrons. The number of hydrogen-bond acceptors (Lipinski definition) is 9. The number of ether oxygens (including phenoxy) is 2. The fourth-order valence-electron chi connectivity index (χ4n) is 4.98. The Morgan fingerprint density at radius 2 is 1.72 bits per heavy atom. The third kappa shape index (κ3) is 5.28. The highest BCUT2D eigenvalue weighted by molar-refractivity contribution is 5.85. The Kier molecular flexibility index (Phi) is 6.67. The van der Waals surface area contributed by atoms with Crippen LogP contribution in [0.5, 0.6) is 5.75 Å². The molecule has 2 N–H and O–H groups in total. The topological polar surface area (TPSA) is 97.3 Å². The molecule has 0 unspecified atom stereocenters. The Bertz CT molecular complexity index is 1190. The lowest BCUT2D eigenvalue weighted by atomic mass is 9.93. The first-order chi connectivity index (χ1) is 17.7. The van der Waals surface area contributed by atoms with Crippen LogP contribution >= 0.6 is 0 Å². The molecule has 0 radical (unpaired) electrons. The van der Waals surface area contributed by atoms with Crippen molar-refractivity contribution in [2.24, 2.45) is 5.92 Å². The van der Waals surface area contributed by atoms with E-state index in [4.69, 9.17) is 9.47 Å². The summed E-state index contributed by atoms with van der Waals surface area (Å²) in [5.74, 6) is 1.56. The zero-order valence-corrected chi connectivity index (χ0v) is 20.3. The highest BCUT2D eigenvalue weighted by atomic mass is 19.1. The highest BCUT2D eigenvalue weighted by Crippen LogP contribution is 2.34. The summed E-state index contributed by atoms with van der Waals surface area (Å²) in [6.45, 7) is 3.90. The molecule has 0 atom stereocenters. The van der Waals surface area contributed by atoms with Crippen molar-refractivity contribution in [1.82, 2.24) is 19.9 Å². The quantitative estimate of drug-likeness (QED) is 0.482. The summed E-state index contributed by atoms with van der Waals surface area (Å²) in [6.07, 6.45) is 10.8. The molecule has 0 bridgehead atoms. The summed E-state index contributed by atoms with van der Waals surface area (Å²) in [5, 5.41) is 6.42. The van der Waals surface area contributed by atoms with Gasteiger partial charge in [0, 0.05) is 49.8 Å². The second-order valence-corrected chi connectivity index (χ2v) is 9.91. The molecule has 0 amide bonds. The van der Waals surface area contributed by atoms with Gasteiger partial charge in [0.05, 0.1) is 24.8 Å². The number of anilines is 3. The third-order valence-corrected chi connectivity index (χ3v) is 7.25. The van der Waals surface area contributed by atoms with Crippen LogP contribution in [0.1, 0.15) is 38.5 Å². The number of benzene rings is 1. The molecule has 9 nitrogen and oxygen atoms in total. The molecule has 1 aromatic carbocycles. The van der Waals surface area contributed by atoms with Crippen molar-refractivity contribution < 1.29 is 13.9 Å². The monoisotopic (exact) mass is 493 g/mol. The van der Waals surface area contributed by atoms with Gasteiger partial charge in [0.2, 0.25) is 5.82 Å².